The van der Waals surface area contributed by atoms with E-state index in [0.717, 1.165) is 11.8 Å². The maximum absolute atomic E-state index is 12.8. The molecule has 0 atom stereocenters. The van der Waals surface area contributed by atoms with Crippen LogP contribution >= 0.6 is 0 Å². The maximum Gasteiger partial charge on any atom is 0.322 e. The van der Waals surface area contributed by atoms with E-state index in [1.807, 2.05) is 0 Å². The van der Waals surface area contributed by atoms with Crippen molar-refractivity contribution in [1.82, 2.24) is 5.32 Å². The summed E-state index contributed by atoms with van der Waals surface area (Å²) in [6.07, 6.45) is 6.18. The van der Waals surface area contributed by atoms with E-state index in [9.17, 15) is 14.4 Å². The lowest BCUT2D eigenvalue weighted by Gasteiger charge is -2.53. The number of rotatable bonds is 5. The molecule has 0 aliphatic heterocycles. The Balaban J connectivity index is 1.37. The fraction of sp³-hybridized carbons (Fsp3) is 0.550. The standard InChI is InChI=1S/C20H24N2O4/c23-17(24)10-21-19(25)13-1-3-16(4-2-13)22-20(26)18-14-6-11-5-12(8-14)9-15(18)7-11/h1-4,11-12,14-15,18H,5-10H2,(H,21,25)(H,22,26)(H,23,24). The fourth-order valence-corrected chi connectivity index (χ4v) is 5.54. The molecule has 0 unspecified atom stereocenters. The molecule has 0 saturated heterocycles. The van der Waals surface area contributed by atoms with Crippen LogP contribution in [-0.4, -0.2) is 29.4 Å². The molecule has 138 valence electrons. The zero-order chi connectivity index (χ0) is 18.3. The van der Waals surface area contributed by atoms with Crippen molar-refractivity contribution >= 4 is 23.5 Å². The first kappa shape index (κ1) is 17.1. The van der Waals surface area contributed by atoms with Crippen LogP contribution in [0.1, 0.15) is 42.5 Å². The van der Waals surface area contributed by atoms with Gasteiger partial charge in [-0.15, -0.1) is 0 Å². The van der Waals surface area contributed by atoms with Gasteiger partial charge in [0, 0.05) is 17.2 Å². The van der Waals surface area contributed by atoms with Gasteiger partial charge in [-0.05, 0) is 80.0 Å². The minimum absolute atomic E-state index is 0.113. The molecule has 6 heteroatoms. The zero-order valence-corrected chi connectivity index (χ0v) is 14.6. The van der Waals surface area contributed by atoms with Crippen molar-refractivity contribution in [2.45, 2.75) is 32.1 Å². The third kappa shape index (κ3) is 3.32. The van der Waals surface area contributed by atoms with E-state index in [-0.39, 0.29) is 11.8 Å². The van der Waals surface area contributed by atoms with E-state index in [1.54, 1.807) is 24.3 Å². The summed E-state index contributed by atoms with van der Waals surface area (Å²) < 4.78 is 0. The normalized spacial score (nSPS) is 31.5. The summed E-state index contributed by atoms with van der Waals surface area (Å²) >= 11 is 0. The van der Waals surface area contributed by atoms with Gasteiger partial charge in [0.25, 0.3) is 5.91 Å². The molecule has 4 saturated carbocycles. The van der Waals surface area contributed by atoms with Gasteiger partial charge in [0.15, 0.2) is 0 Å². The summed E-state index contributed by atoms with van der Waals surface area (Å²) in [4.78, 5) is 35.2. The Morgan fingerprint density at radius 1 is 0.923 bits per heavy atom. The van der Waals surface area contributed by atoms with Crippen LogP contribution in [0.25, 0.3) is 0 Å². The first-order valence-corrected chi connectivity index (χ1v) is 9.40. The predicted molar refractivity (Wildman–Crippen MR) is 95.6 cm³/mol. The van der Waals surface area contributed by atoms with Crippen molar-refractivity contribution in [3.8, 4) is 0 Å². The summed E-state index contributed by atoms with van der Waals surface area (Å²) in [6, 6.07) is 6.60. The lowest BCUT2D eigenvalue weighted by atomic mass is 9.51. The molecule has 0 radical (unpaired) electrons. The SMILES string of the molecule is O=C(O)CNC(=O)c1ccc(NC(=O)C2C3CC4CC(C3)CC2C4)cc1. The van der Waals surface area contributed by atoms with E-state index in [1.165, 1.54) is 32.1 Å². The second-order valence-electron chi connectivity index (χ2n) is 8.10. The van der Waals surface area contributed by atoms with Gasteiger partial charge >= 0.3 is 5.97 Å². The van der Waals surface area contributed by atoms with Crippen molar-refractivity contribution in [3.05, 3.63) is 29.8 Å². The number of carboxylic acid groups (broad SMARTS) is 1. The molecule has 2 amide bonds. The number of amides is 2. The number of carboxylic acids is 1. The van der Waals surface area contributed by atoms with Gasteiger partial charge < -0.3 is 15.7 Å². The Kier molecular flexibility index (Phi) is 4.42. The molecule has 4 aliphatic rings. The zero-order valence-electron chi connectivity index (χ0n) is 14.6. The van der Waals surface area contributed by atoms with Gasteiger partial charge in [0.1, 0.15) is 6.54 Å². The lowest BCUT2D eigenvalue weighted by Crippen LogP contribution is -2.49. The number of benzene rings is 1. The third-order valence-electron chi connectivity index (χ3n) is 6.34. The number of aliphatic carboxylic acids is 1. The average Bonchev–Trinajstić information content (AvgIpc) is 2.59. The third-order valence-corrected chi connectivity index (χ3v) is 6.34. The molecule has 0 aromatic heterocycles. The van der Waals surface area contributed by atoms with Crippen LogP contribution in [0.5, 0.6) is 0 Å². The highest BCUT2D eigenvalue weighted by molar-refractivity contribution is 5.97. The summed E-state index contributed by atoms with van der Waals surface area (Å²) in [5, 5.41) is 13.9. The highest BCUT2D eigenvalue weighted by atomic mass is 16.4. The summed E-state index contributed by atoms with van der Waals surface area (Å²) in [5.41, 5.74) is 1.05. The second kappa shape index (κ2) is 6.74. The van der Waals surface area contributed by atoms with Crippen LogP contribution in [0.3, 0.4) is 0 Å². The van der Waals surface area contributed by atoms with Crippen LogP contribution < -0.4 is 10.6 Å². The van der Waals surface area contributed by atoms with Crippen LogP contribution in [0.2, 0.25) is 0 Å². The molecule has 4 aliphatic carbocycles. The molecule has 6 nitrogen and oxygen atoms in total. The first-order chi connectivity index (χ1) is 12.5. The number of hydrogen-bond donors (Lipinski definition) is 3. The summed E-state index contributed by atoms with van der Waals surface area (Å²) in [5.74, 6) is 1.46. The van der Waals surface area contributed by atoms with Crippen LogP contribution in [0.4, 0.5) is 5.69 Å². The van der Waals surface area contributed by atoms with Gasteiger partial charge in [0.2, 0.25) is 5.91 Å². The van der Waals surface area contributed by atoms with Gasteiger partial charge in [-0.3, -0.25) is 14.4 Å². The lowest BCUT2D eigenvalue weighted by molar-refractivity contribution is -0.136. The summed E-state index contributed by atoms with van der Waals surface area (Å²) in [6.45, 7) is -0.413. The van der Waals surface area contributed by atoms with Crippen molar-refractivity contribution in [3.63, 3.8) is 0 Å². The van der Waals surface area contributed by atoms with E-state index in [0.29, 0.717) is 23.1 Å². The highest BCUT2D eigenvalue weighted by Crippen LogP contribution is 2.56. The molecule has 0 spiro atoms. The molecule has 4 bridgehead atoms. The number of carbonyl (C=O) groups is 3. The number of anilines is 1. The minimum atomic E-state index is -1.09. The number of nitrogens with one attached hydrogen (secondary N) is 2. The Hall–Kier alpha value is -2.37. The van der Waals surface area contributed by atoms with E-state index in [4.69, 9.17) is 5.11 Å². The molecule has 1 aromatic carbocycles. The molecule has 1 aromatic rings. The van der Waals surface area contributed by atoms with Crippen molar-refractivity contribution < 1.29 is 19.5 Å². The van der Waals surface area contributed by atoms with Crippen LogP contribution in [0.15, 0.2) is 24.3 Å². The number of hydrogen-bond acceptors (Lipinski definition) is 3. The first-order valence-electron chi connectivity index (χ1n) is 9.40. The quantitative estimate of drug-likeness (QED) is 0.755. The van der Waals surface area contributed by atoms with Crippen LogP contribution in [0, 0.1) is 29.6 Å². The predicted octanol–water partition coefficient (Wildman–Crippen LogP) is 2.51. The monoisotopic (exact) mass is 356 g/mol. The molecule has 3 N–H and O–H groups in total. The average molecular weight is 356 g/mol. The molecule has 26 heavy (non-hydrogen) atoms. The topological polar surface area (TPSA) is 95.5 Å². The van der Waals surface area contributed by atoms with Gasteiger partial charge in [-0.25, -0.2) is 0 Å². The van der Waals surface area contributed by atoms with Crippen molar-refractivity contribution in [1.29, 1.82) is 0 Å². The van der Waals surface area contributed by atoms with Crippen LogP contribution in [-0.2, 0) is 9.59 Å². The van der Waals surface area contributed by atoms with E-state index >= 15 is 0 Å². The molecule has 0 heterocycles. The summed E-state index contributed by atoms with van der Waals surface area (Å²) in [7, 11) is 0. The fourth-order valence-electron chi connectivity index (χ4n) is 5.54. The van der Waals surface area contributed by atoms with Crippen molar-refractivity contribution in [2.24, 2.45) is 29.6 Å². The molecule has 5 rings (SSSR count). The van der Waals surface area contributed by atoms with Gasteiger partial charge in [0.05, 0.1) is 0 Å². The van der Waals surface area contributed by atoms with E-state index < -0.39 is 18.4 Å². The largest absolute Gasteiger partial charge is 0.480 e. The van der Waals surface area contributed by atoms with Gasteiger partial charge in [-0.2, -0.15) is 0 Å². The maximum atomic E-state index is 12.8. The number of carbonyl (C=O) groups excluding carboxylic acids is 2. The molecule has 4 fully saturated rings. The minimum Gasteiger partial charge on any atom is -0.480 e. The second-order valence-corrected chi connectivity index (χ2v) is 8.10. The highest BCUT2D eigenvalue weighted by Gasteiger charge is 2.50. The molecular formula is C20H24N2O4. The Morgan fingerprint density at radius 2 is 1.50 bits per heavy atom. The Bertz CT molecular complexity index is 700. The van der Waals surface area contributed by atoms with Gasteiger partial charge in [-0.1, -0.05) is 0 Å². The Morgan fingerprint density at radius 3 is 2.04 bits per heavy atom. The smallest absolute Gasteiger partial charge is 0.322 e. The van der Waals surface area contributed by atoms with E-state index in [2.05, 4.69) is 10.6 Å². The molecular weight excluding hydrogens is 332 g/mol. The van der Waals surface area contributed by atoms with Crippen molar-refractivity contribution in [2.75, 3.05) is 11.9 Å². The Labute approximate surface area is 152 Å².